The van der Waals surface area contributed by atoms with Gasteiger partial charge in [-0.3, -0.25) is 14.6 Å². The number of anilines is 1. The van der Waals surface area contributed by atoms with Gasteiger partial charge < -0.3 is 14.8 Å². The molecule has 1 N–H and O–H groups in total. The summed E-state index contributed by atoms with van der Waals surface area (Å²) in [6, 6.07) is 14.1. The Bertz CT molecular complexity index is 847. The van der Waals surface area contributed by atoms with Crippen LogP contribution in [-0.2, 0) is 17.8 Å². The van der Waals surface area contributed by atoms with Crippen molar-refractivity contribution in [3.05, 3.63) is 53.6 Å². The molecule has 0 spiro atoms. The van der Waals surface area contributed by atoms with Crippen LogP contribution in [0.15, 0.2) is 42.5 Å². The fraction of sp³-hybridized carbons (Fsp3) is 0.435. The molecular weight excluding hydrogens is 366 g/mol. The highest BCUT2D eigenvalue weighted by atomic mass is 16.5. The fourth-order valence-corrected chi connectivity index (χ4v) is 3.95. The molecule has 29 heavy (non-hydrogen) atoms. The van der Waals surface area contributed by atoms with Crippen LogP contribution in [0.2, 0.25) is 0 Å². The van der Waals surface area contributed by atoms with Crippen molar-refractivity contribution in [1.82, 2.24) is 9.80 Å². The maximum atomic E-state index is 12.5. The number of hydrogen-bond acceptors (Lipinski definition) is 5. The molecule has 1 saturated heterocycles. The summed E-state index contributed by atoms with van der Waals surface area (Å²) in [7, 11) is 0. The summed E-state index contributed by atoms with van der Waals surface area (Å²) in [5, 5.41) is 2.99. The smallest absolute Gasteiger partial charge is 0.238 e. The van der Waals surface area contributed by atoms with Gasteiger partial charge in [0.1, 0.15) is 11.5 Å². The number of ether oxygens (including phenoxy) is 2. The van der Waals surface area contributed by atoms with Gasteiger partial charge >= 0.3 is 0 Å². The third-order valence-electron chi connectivity index (χ3n) is 5.45. The molecule has 2 aliphatic heterocycles. The van der Waals surface area contributed by atoms with Crippen molar-refractivity contribution >= 4 is 11.6 Å². The molecule has 154 valence electrons. The van der Waals surface area contributed by atoms with Crippen LogP contribution in [0.5, 0.6) is 11.5 Å². The SMILES string of the molecule is CCOc1ccccc1NC(=O)CN1CCN(Cc2ccc3c(c2)CCO3)CC1. The van der Waals surface area contributed by atoms with E-state index in [1.807, 2.05) is 31.2 Å². The summed E-state index contributed by atoms with van der Waals surface area (Å²) < 4.78 is 11.2. The van der Waals surface area contributed by atoms with E-state index < -0.39 is 0 Å². The second-order valence-electron chi connectivity index (χ2n) is 7.57. The Morgan fingerprint density at radius 2 is 1.90 bits per heavy atom. The van der Waals surface area contributed by atoms with E-state index in [4.69, 9.17) is 9.47 Å². The Morgan fingerprint density at radius 1 is 1.10 bits per heavy atom. The monoisotopic (exact) mass is 395 g/mol. The molecule has 0 bridgehead atoms. The summed E-state index contributed by atoms with van der Waals surface area (Å²) >= 11 is 0. The first kappa shape index (κ1) is 19.7. The third-order valence-corrected chi connectivity index (χ3v) is 5.45. The maximum absolute atomic E-state index is 12.5. The summed E-state index contributed by atoms with van der Waals surface area (Å²) in [4.78, 5) is 17.2. The Morgan fingerprint density at radius 3 is 2.72 bits per heavy atom. The molecule has 0 unspecified atom stereocenters. The zero-order chi connectivity index (χ0) is 20.1. The number of fused-ring (bicyclic) bond motifs is 1. The molecular formula is C23H29N3O3. The number of carbonyl (C=O) groups is 1. The van der Waals surface area contributed by atoms with Crippen LogP contribution in [0, 0.1) is 0 Å². The van der Waals surface area contributed by atoms with Crippen LogP contribution in [-0.4, -0.2) is 61.6 Å². The maximum Gasteiger partial charge on any atom is 0.238 e. The zero-order valence-corrected chi connectivity index (χ0v) is 17.0. The topological polar surface area (TPSA) is 54.0 Å². The molecule has 2 heterocycles. The first-order valence-corrected chi connectivity index (χ1v) is 10.4. The minimum absolute atomic E-state index is 0.00391. The first-order valence-electron chi connectivity index (χ1n) is 10.4. The van der Waals surface area contributed by atoms with Crippen LogP contribution >= 0.6 is 0 Å². The summed E-state index contributed by atoms with van der Waals surface area (Å²) in [6.45, 7) is 8.41. The van der Waals surface area contributed by atoms with E-state index in [-0.39, 0.29) is 5.91 Å². The molecule has 0 saturated carbocycles. The Kier molecular flexibility index (Phi) is 6.32. The van der Waals surface area contributed by atoms with E-state index >= 15 is 0 Å². The lowest BCUT2D eigenvalue weighted by Gasteiger charge is -2.34. The highest BCUT2D eigenvalue weighted by molar-refractivity contribution is 5.93. The highest BCUT2D eigenvalue weighted by Gasteiger charge is 2.20. The van der Waals surface area contributed by atoms with Gasteiger partial charge in [-0.15, -0.1) is 0 Å². The summed E-state index contributed by atoms with van der Waals surface area (Å²) in [5.74, 6) is 1.76. The van der Waals surface area contributed by atoms with E-state index in [2.05, 4.69) is 33.3 Å². The van der Waals surface area contributed by atoms with Gasteiger partial charge in [-0.25, -0.2) is 0 Å². The quantitative estimate of drug-likeness (QED) is 0.781. The van der Waals surface area contributed by atoms with Crippen LogP contribution < -0.4 is 14.8 Å². The number of hydrogen-bond donors (Lipinski definition) is 1. The van der Waals surface area contributed by atoms with E-state index in [1.54, 1.807) is 0 Å². The fourth-order valence-electron chi connectivity index (χ4n) is 3.95. The minimum atomic E-state index is 0.00391. The molecule has 0 aliphatic carbocycles. The molecule has 1 fully saturated rings. The van der Waals surface area contributed by atoms with Gasteiger partial charge in [0.15, 0.2) is 0 Å². The zero-order valence-electron chi connectivity index (χ0n) is 17.0. The van der Waals surface area contributed by atoms with Crippen molar-refractivity contribution in [3.63, 3.8) is 0 Å². The average Bonchev–Trinajstić information content (AvgIpc) is 3.19. The number of amides is 1. The summed E-state index contributed by atoms with van der Waals surface area (Å²) in [5.41, 5.74) is 3.40. The van der Waals surface area contributed by atoms with E-state index in [1.165, 1.54) is 11.1 Å². The van der Waals surface area contributed by atoms with Crippen molar-refractivity contribution in [2.75, 3.05) is 51.3 Å². The number of piperazine rings is 1. The number of benzene rings is 2. The first-order chi connectivity index (χ1) is 14.2. The number of para-hydroxylation sites is 2. The van der Waals surface area contributed by atoms with Crippen molar-refractivity contribution < 1.29 is 14.3 Å². The van der Waals surface area contributed by atoms with Crippen LogP contribution in [0.25, 0.3) is 0 Å². The largest absolute Gasteiger partial charge is 0.493 e. The Balaban J connectivity index is 1.24. The van der Waals surface area contributed by atoms with Crippen LogP contribution in [0.4, 0.5) is 5.69 Å². The van der Waals surface area contributed by atoms with E-state index in [9.17, 15) is 4.79 Å². The molecule has 2 aromatic carbocycles. The normalized spacial score (nSPS) is 16.9. The van der Waals surface area contributed by atoms with Gasteiger partial charge in [0.25, 0.3) is 0 Å². The molecule has 0 atom stereocenters. The lowest BCUT2D eigenvalue weighted by molar-refractivity contribution is -0.117. The predicted molar refractivity (Wildman–Crippen MR) is 114 cm³/mol. The van der Waals surface area contributed by atoms with E-state index in [0.717, 1.165) is 57.2 Å². The molecule has 6 nitrogen and oxygen atoms in total. The average molecular weight is 396 g/mol. The van der Waals surface area contributed by atoms with Gasteiger partial charge in [0.2, 0.25) is 5.91 Å². The standard InChI is InChI=1S/C23H29N3O3/c1-2-28-22-6-4-3-5-20(22)24-23(27)17-26-12-10-25(11-13-26)16-18-7-8-21-19(15-18)9-14-29-21/h3-8,15H,2,9-14,16-17H2,1H3,(H,24,27). The molecule has 4 rings (SSSR count). The molecule has 0 radical (unpaired) electrons. The van der Waals surface area contributed by atoms with Gasteiger partial charge in [-0.2, -0.15) is 0 Å². The number of nitrogens with one attached hydrogen (secondary N) is 1. The van der Waals surface area contributed by atoms with Gasteiger partial charge in [-0.05, 0) is 36.2 Å². The lowest BCUT2D eigenvalue weighted by Crippen LogP contribution is -2.48. The Hall–Kier alpha value is -2.57. The van der Waals surface area contributed by atoms with Crippen LogP contribution in [0.3, 0.4) is 0 Å². The second kappa shape index (κ2) is 9.29. The predicted octanol–water partition coefficient (Wildman–Crippen LogP) is 2.78. The van der Waals surface area contributed by atoms with Crippen molar-refractivity contribution in [2.45, 2.75) is 19.9 Å². The molecule has 2 aromatic rings. The van der Waals surface area contributed by atoms with Crippen LogP contribution in [0.1, 0.15) is 18.1 Å². The third kappa shape index (κ3) is 5.08. The number of carbonyl (C=O) groups excluding carboxylic acids is 1. The summed E-state index contributed by atoms with van der Waals surface area (Å²) in [6.07, 6.45) is 1.01. The van der Waals surface area contributed by atoms with Gasteiger partial charge in [-0.1, -0.05) is 24.3 Å². The van der Waals surface area contributed by atoms with Crippen molar-refractivity contribution in [3.8, 4) is 11.5 Å². The molecule has 6 heteroatoms. The number of nitrogens with zero attached hydrogens (tertiary/aromatic N) is 2. The van der Waals surface area contributed by atoms with Crippen molar-refractivity contribution in [1.29, 1.82) is 0 Å². The van der Waals surface area contributed by atoms with Gasteiger partial charge in [0, 0.05) is 39.1 Å². The number of rotatable bonds is 7. The molecule has 1 amide bonds. The van der Waals surface area contributed by atoms with E-state index in [0.29, 0.717) is 18.9 Å². The second-order valence-corrected chi connectivity index (χ2v) is 7.57. The lowest BCUT2D eigenvalue weighted by atomic mass is 10.1. The van der Waals surface area contributed by atoms with Crippen molar-refractivity contribution in [2.24, 2.45) is 0 Å². The molecule has 2 aliphatic rings. The minimum Gasteiger partial charge on any atom is -0.493 e. The molecule has 0 aromatic heterocycles. The van der Waals surface area contributed by atoms with Gasteiger partial charge in [0.05, 0.1) is 25.4 Å². The highest BCUT2D eigenvalue weighted by Crippen LogP contribution is 2.26. The Labute approximate surface area is 172 Å².